The third kappa shape index (κ3) is 3.88. The van der Waals surface area contributed by atoms with Crippen molar-refractivity contribution in [3.63, 3.8) is 0 Å². The fourth-order valence-corrected chi connectivity index (χ4v) is 7.23. The summed E-state index contributed by atoms with van der Waals surface area (Å²) < 4.78 is 4.78. The Morgan fingerprint density at radius 1 is 0.455 bits per heavy atom. The Morgan fingerprint density at radius 2 is 1.02 bits per heavy atom. The Hall–Kier alpha value is -5.60. The molecule has 0 N–H and O–H groups in total. The van der Waals surface area contributed by atoms with Crippen molar-refractivity contribution in [3.05, 3.63) is 175 Å². The monoisotopic (exact) mass is 562 g/mol. The van der Waals surface area contributed by atoms with E-state index in [-0.39, 0.29) is 0 Å². The van der Waals surface area contributed by atoms with E-state index < -0.39 is 0 Å². The largest absolute Gasteiger partial charge is 0.310 e. The van der Waals surface area contributed by atoms with Crippen molar-refractivity contribution >= 4 is 38.8 Å². The predicted molar refractivity (Wildman–Crippen MR) is 185 cm³/mol. The van der Waals surface area contributed by atoms with Crippen molar-refractivity contribution in [3.8, 4) is 22.5 Å². The van der Waals surface area contributed by atoms with Crippen LogP contribution >= 0.6 is 0 Å². The molecule has 0 spiro atoms. The summed E-state index contributed by atoms with van der Waals surface area (Å²) in [7, 11) is 0. The molecule has 208 valence electrons. The van der Waals surface area contributed by atoms with Crippen LogP contribution in [0.3, 0.4) is 0 Å². The topological polar surface area (TPSA) is 9.86 Å². The molecule has 0 fully saturated rings. The van der Waals surface area contributed by atoms with Gasteiger partial charge in [-0.2, -0.15) is 0 Å². The zero-order valence-corrected chi connectivity index (χ0v) is 24.3. The van der Waals surface area contributed by atoms with Gasteiger partial charge in [0.1, 0.15) is 0 Å². The Bertz CT molecular complexity index is 2340. The first-order chi connectivity index (χ1) is 21.8. The molecule has 1 aliphatic rings. The van der Waals surface area contributed by atoms with Crippen LogP contribution in [0.15, 0.2) is 158 Å². The molecule has 1 aliphatic carbocycles. The van der Waals surface area contributed by atoms with Gasteiger partial charge in [-0.05, 0) is 83.3 Å². The summed E-state index contributed by atoms with van der Waals surface area (Å²) in [6.45, 7) is 0. The van der Waals surface area contributed by atoms with Crippen molar-refractivity contribution in [1.82, 2.24) is 9.13 Å². The van der Waals surface area contributed by atoms with Crippen LogP contribution < -0.4 is 0 Å². The fraction of sp³-hybridized carbons (Fsp3) is 0.0476. The van der Waals surface area contributed by atoms with E-state index >= 15 is 0 Å². The first-order valence-corrected chi connectivity index (χ1v) is 15.4. The highest BCUT2D eigenvalue weighted by molar-refractivity contribution is 6.10. The summed E-state index contributed by atoms with van der Waals surface area (Å²) >= 11 is 0. The first kappa shape index (κ1) is 24.9. The molecular formula is C42H30N2. The minimum absolute atomic E-state index is 0.345. The molecule has 2 heteroatoms. The van der Waals surface area contributed by atoms with Crippen molar-refractivity contribution in [1.29, 1.82) is 0 Å². The lowest BCUT2D eigenvalue weighted by molar-refractivity contribution is 0.825. The zero-order chi connectivity index (χ0) is 29.0. The van der Waals surface area contributed by atoms with Gasteiger partial charge in [0.15, 0.2) is 0 Å². The Balaban J connectivity index is 1.07. The summed E-state index contributed by atoms with van der Waals surface area (Å²) in [4.78, 5) is 0. The van der Waals surface area contributed by atoms with Gasteiger partial charge in [-0.15, -0.1) is 0 Å². The maximum atomic E-state index is 2.41. The molecular weight excluding hydrogens is 532 g/mol. The maximum Gasteiger partial charge on any atom is 0.0541 e. The summed E-state index contributed by atoms with van der Waals surface area (Å²) in [6, 6.07) is 55.0. The summed E-state index contributed by atoms with van der Waals surface area (Å²) in [6.07, 6.45) is 5.72. The summed E-state index contributed by atoms with van der Waals surface area (Å²) in [5, 5.41) is 3.91. The van der Waals surface area contributed by atoms with Crippen LogP contribution in [0.4, 0.5) is 0 Å². The van der Waals surface area contributed by atoms with E-state index in [0.29, 0.717) is 5.92 Å². The van der Waals surface area contributed by atoms with Crippen molar-refractivity contribution in [2.45, 2.75) is 12.3 Å². The van der Waals surface area contributed by atoms with Crippen molar-refractivity contribution in [2.75, 3.05) is 0 Å². The van der Waals surface area contributed by atoms with Crippen LogP contribution in [0.25, 0.3) is 61.3 Å². The zero-order valence-electron chi connectivity index (χ0n) is 24.3. The molecule has 0 saturated heterocycles. The van der Waals surface area contributed by atoms with E-state index in [1.54, 1.807) is 0 Å². The van der Waals surface area contributed by atoms with Gasteiger partial charge >= 0.3 is 0 Å². The smallest absolute Gasteiger partial charge is 0.0541 e. The molecule has 0 saturated carbocycles. The Labute approximate surface area is 256 Å². The van der Waals surface area contributed by atoms with E-state index in [0.717, 1.165) is 6.42 Å². The second-order valence-electron chi connectivity index (χ2n) is 11.8. The Morgan fingerprint density at radius 3 is 1.75 bits per heavy atom. The van der Waals surface area contributed by atoms with Crippen LogP contribution in [0.5, 0.6) is 0 Å². The average Bonchev–Trinajstić information content (AvgIpc) is 3.61. The molecule has 0 amide bonds. The lowest BCUT2D eigenvalue weighted by Crippen LogP contribution is -2.07. The molecule has 1 unspecified atom stereocenters. The van der Waals surface area contributed by atoms with E-state index in [1.807, 2.05) is 0 Å². The van der Waals surface area contributed by atoms with Crippen LogP contribution in [0.2, 0.25) is 0 Å². The minimum atomic E-state index is 0.345. The van der Waals surface area contributed by atoms with Crippen LogP contribution in [0, 0.1) is 0 Å². The number of hydrogen-bond donors (Lipinski definition) is 0. The number of benzene rings is 6. The molecule has 2 aromatic heterocycles. The second kappa shape index (κ2) is 10.00. The van der Waals surface area contributed by atoms with Gasteiger partial charge in [0.25, 0.3) is 0 Å². The van der Waals surface area contributed by atoms with Gasteiger partial charge in [-0.3, -0.25) is 0 Å². The molecule has 0 bridgehead atoms. The normalized spacial score (nSPS) is 14.4. The predicted octanol–water partition coefficient (Wildman–Crippen LogP) is 10.7. The summed E-state index contributed by atoms with van der Waals surface area (Å²) in [5.74, 6) is 0.345. The number of fused-ring (bicyclic) bond motifs is 6. The van der Waals surface area contributed by atoms with E-state index in [1.165, 1.54) is 72.0 Å². The molecule has 6 aromatic carbocycles. The van der Waals surface area contributed by atoms with E-state index in [9.17, 15) is 0 Å². The van der Waals surface area contributed by atoms with E-state index in [2.05, 4.69) is 173 Å². The van der Waals surface area contributed by atoms with Gasteiger partial charge in [0.2, 0.25) is 0 Å². The van der Waals surface area contributed by atoms with Crippen LogP contribution in [-0.2, 0) is 6.42 Å². The molecule has 44 heavy (non-hydrogen) atoms. The Kier molecular flexibility index (Phi) is 5.67. The van der Waals surface area contributed by atoms with Gasteiger partial charge < -0.3 is 9.13 Å². The molecule has 0 aliphatic heterocycles. The minimum Gasteiger partial charge on any atom is -0.310 e. The number of para-hydroxylation sites is 4. The molecule has 0 radical (unpaired) electrons. The van der Waals surface area contributed by atoms with Gasteiger partial charge in [-0.25, -0.2) is 0 Å². The van der Waals surface area contributed by atoms with E-state index in [4.69, 9.17) is 0 Å². The standard InChI is InChI=1S/C42H30N2/c1-3-11-33(12-4-1)43-39-17-9-7-15-35(39)37-27-31(23-25-41(37)43)29-19-21-30(22-20-29)32-24-26-42-38(28-32)36-16-8-10-18-40(36)44(42)34-13-5-2-6-14-34/h1-27,32H,28H2. The summed E-state index contributed by atoms with van der Waals surface area (Å²) in [5.41, 5.74) is 12.7. The highest BCUT2D eigenvalue weighted by Gasteiger charge is 2.23. The number of rotatable bonds is 4. The quantitative estimate of drug-likeness (QED) is 0.202. The molecule has 8 aromatic rings. The van der Waals surface area contributed by atoms with Gasteiger partial charge in [0.05, 0.1) is 16.6 Å². The lowest BCUT2D eigenvalue weighted by Gasteiger charge is -2.20. The number of allylic oxidation sites excluding steroid dienone is 1. The molecule has 2 nitrogen and oxygen atoms in total. The first-order valence-electron chi connectivity index (χ1n) is 15.4. The van der Waals surface area contributed by atoms with Crippen LogP contribution in [-0.4, -0.2) is 9.13 Å². The highest BCUT2D eigenvalue weighted by Crippen LogP contribution is 2.39. The third-order valence-corrected chi connectivity index (χ3v) is 9.30. The third-order valence-electron chi connectivity index (χ3n) is 9.30. The maximum absolute atomic E-state index is 2.41. The molecule has 1 atom stereocenters. The SMILES string of the molecule is C1=CC(c2ccc(-c3ccc4c(c3)c3ccccc3n4-c3ccccc3)cc2)Cc2c1n(-c1ccccc1)c1ccccc21. The average molecular weight is 563 g/mol. The van der Waals surface area contributed by atoms with Crippen LogP contribution in [0.1, 0.15) is 22.7 Å². The lowest BCUT2D eigenvalue weighted by atomic mass is 9.86. The fourth-order valence-electron chi connectivity index (χ4n) is 7.23. The second-order valence-corrected chi connectivity index (χ2v) is 11.8. The number of nitrogens with zero attached hydrogens (tertiary/aromatic N) is 2. The van der Waals surface area contributed by atoms with Crippen molar-refractivity contribution in [2.24, 2.45) is 0 Å². The molecule has 2 heterocycles. The van der Waals surface area contributed by atoms with Crippen molar-refractivity contribution < 1.29 is 0 Å². The number of aromatic nitrogens is 2. The van der Waals surface area contributed by atoms with Gasteiger partial charge in [0, 0.05) is 39.1 Å². The highest BCUT2D eigenvalue weighted by atomic mass is 15.0. The van der Waals surface area contributed by atoms with Gasteiger partial charge in [-0.1, -0.05) is 109 Å². The molecule has 9 rings (SSSR count). The number of hydrogen-bond acceptors (Lipinski definition) is 0.